The molecule has 0 bridgehead atoms. The van der Waals surface area contributed by atoms with Crippen LogP contribution in [-0.2, 0) is 17.8 Å². The standard InChI is InChI=1S/C22H26N4O3/c27-21(25-29)18-12-17-8-11-26(14-19(17)24-13-18)22(28)20(15-4-2-1-3-5-15)16-6-9-23-10-7-16/h1-5,12-13,16,20,23,29H,6-11,14H2,(H,25,27). The minimum absolute atomic E-state index is 0.140. The second-order valence-corrected chi connectivity index (χ2v) is 7.76. The Bertz CT molecular complexity index is 881. The Labute approximate surface area is 170 Å². The Morgan fingerprint density at radius 2 is 1.97 bits per heavy atom. The van der Waals surface area contributed by atoms with E-state index in [4.69, 9.17) is 5.21 Å². The molecule has 29 heavy (non-hydrogen) atoms. The molecule has 1 atom stereocenters. The van der Waals surface area contributed by atoms with Crippen LogP contribution in [0.2, 0.25) is 0 Å². The Hall–Kier alpha value is -2.77. The largest absolute Gasteiger partial charge is 0.336 e. The summed E-state index contributed by atoms with van der Waals surface area (Å²) in [4.78, 5) is 31.5. The zero-order valence-electron chi connectivity index (χ0n) is 16.3. The van der Waals surface area contributed by atoms with E-state index < -0.39 is 5.91 Å². The van der Waals surface area contributed by atoms with Crippen LogP contribution in [0.25, 0.3) is 0 Å². The van der Waals surface area contributed by atoms with Gasteiger partial charge in [-0.05, 0) is 55.5 Å². The van der Waals surface area contributed by atoms with Crippen LogP contribution in [0.15, 0.2) is 42.6 Å². The number of aromatic nitrogens is 1. The number of pyridine rings is 1. The van der Waals surface area contributed by atoms with Crippen molar-refractivity contribution in [2.75, 3.05) is 19.6 Å². The molecule has 0 radical (unpaired) electrons. The van der Waals surface area contributed by atoms with E-state index in [9.17, 15) is 9.59 Å². The molecule has 0 saturated carbocycles. The summed E-state index contributed by atoms with van der Waals surface area (Å²) in [5.74, 6) is -0.225. The zero-order chi connectivity index (χ0) is 20.2. The quantitative estimate of drug-likeness (QED) is 0.544. The first-order chi connectivity index (χ1) is 14.2. The van der Waals surface area contributed by atoms with E-state index in [1.807, 2.05) is 23.1 Å². The number of piperidine rings is 1. The van der Waals surface area contributed by atoms with Crippen LogP contribution >= 0.6 is 0 Å². The van der Waals surface area contributed by atoms with Crippen molar-refractivity contribution in [3.8, 4) is 0 Å². The minimum Gasteiger partial charge on any atom is -0.336 e. The van der Waals surface area contributed by atoms with Crippen molar-refractivity contribution in [1.29, 1.82) is 0 Å². The molecular formula is C22H26N4O3. The molecule has 7 nitrogen and oxygen atoms in total. The van der Waals surface area contributed by atoms with Gasteiger partial charge in [-0.25, -0.2) is 5.48 Å². The average Bonchev–Trinajstić information content (AvgIpc) is 2.79. The SMILES string of the molecule is O=C(NO)c1cnc2c(c1)CCN(C(=O)C(c1ccccc1)C1CCNCC1)C2. The fourth-order valence-corrected chi connectivity index (χ4v) is 4.44. The van der Waals surface area contributed by atoms with Gasteiger partial charge < -0.3 is 10.2 Å². The third-order valence-corrected chi connectivity index (χ3v) is 6.01. The highest BCUT2D eigenvalue weighted by Crippen LogP contribution is 2.34. The van der Waals surface area contributed by atoms with E-state index in [2.05, 4.69) is 22.4 Å². The number of hydrogen-bond acceptors (Lipinski definition) is 5. The molecule has 7 heteroatoms. The number of carbonyl (C=O) groups excluding carboxylic acids is 2. The molecule has 3 heterocycles. The molecule has 2 aromatic rings. The molecule has 0 spiro atoms. The summed E-state index contributed by atoms with van der Waals surface area (Å²) in [5.41, 5.74) is 4.81. The average molecular weight is 394 g/mol. The van der Waals surface area contributed by atoms with Gasteiger partial charge in [-0.3, -0.25) is 19.8 Å². The van der Waals surface area contributed by atoms with Crippen LogP contribution in [0.1, 0.15) is 45.9 Å². The van der Waals surface area contributed by atoms with Crippen LogP contribution < -0.4 is 10.8 Å². The Kier molecular flexibility index (Phi) is 5.87. The smallest absolute Gasteiger partial charge is 0.276 e. The summed E-state index contributed by atoms with van der Waals surface area (Å²) < 4.78 is 0. The normalized spacial score (nSPS) is 18.0. The van der Waals surface area contributed by atoms with Crippen molar-refractivity contribution in [3.05, 3.63) is 65.0 Å². The summed E-state index contributed by atoms with van der Waals surface area (Å²) in [5, 5.41) is 12.2. The van der Waals surface area contributed by atoms with Crippen LogP contribution in [0, 0.1) is 5.92 Å². The summed E-state index contributed by atoms with van der Waals surface area (Å²) >= 11 is 0. The molecule has 0 aliphatic carbocycles. The Morgan fingerprint density at radius 1 is 1.21 bits per heavy atom. The number of amides is 2. The summed E-state index contributed by atoms with van der Waals surface area (Å²) in [6.45, 7) is 2.94. The molecule has 1 aromatic carbocycles. The predicted octanol–water partition coefficient (Wildman–Crippen LogP) is 1.87. The van der Waals surface area contributed by atoms with Crippen molar-refractivity contribution in [2.24, 2.45) is 5.92 Å². The number of benzene rings is 1. The number of fused-ring (bicyclic) bond motifs is 1. The van der Waals surface area contributed by atoms with Crippen LogP contribution in [-0.4, -0.2) is 46.5 Å². The minimum atomic E-state index is -0.575. The molecular weight excluding hydrogens is 368 g/mol. The highest BCUT2D eigenvalue weighted by molar-refractivity contribution is 5.93. The number of hydroxylamine groups is 1. The van der Waals surface area contributed by atoms with Crippen LogP contribution in [0.3, 0.4) is 0 Å². The third-order valence-electron chi connectivity index (χ3n) is 6.01. The zero-order valence-corrected chi connectivity index (χ0v) is 16.3. The van der Waals surface area contributed by atoms with Crippen molar-refractivity contribution in [1.82, 2.24) is 20.7 Å². The highest BCUT2D eigenvalue weighted by atomic mass is 16.5. The molecule has 2 aliphatic heterocycles. The van der Waals surface area contributed by atoms with Gasteiger partial charge in [0.05, 0.1) is 23.7 Å². The number of nitrogens with zero attached hydrogens (tertiary/aromatic N) is 2. The van der Waals surface area contributed by atoms with Gasteiger partial charge in [0, 0.05) is 12.7 Å². The number of nitrogens with one attached hydrogen (secondary N) is 2. The maximum atomic E-state index is 13.6. The van der Waals surface area contributed by atoms with Gasteiger partial charge in [0.2, 0.25) is 5.91 Å². The van der Waals surface area contributed by atoms with E-state index in [0.29, 0.717) is 31.0 Å². The van der Waals surface area contributed by atoms with E-state index in [0.717, 1.165) is 42.8 Å². The third kappa shape index (κ3) is 4.16. The molecule has 4 rings (SSSR count). The lowest BCUT2D eigenvalue weighted by atomic mass is 9.79. The maximum absolute atomic E-state index is 13.6. The van der Waals surface area contributed by atoms with E-state index in [1.165, 1.54) is 6.20 Å². The molecule has 1 aromatic heterocycles. The predicted molar refractivity (Wildman–Crippen MR) is 107 cm³/mol. The van der Waals surface area contributed by atoms with Crippen molar-refractivity contribution in [3.63, 3.8) is 0 Å². The molecule has 1 fully saturated rings. The first kappa shape index (κ1) is 19.5. The first-order valence-electron chi connectivity index (χ1n) is 10.1. The van der Waals surface area contributed by atoms with Crippen molar-refractivity contribution in [2.45, 2.75) is 31.7 Å². The van der Waals surface area contributed by atoms with Crippen LogP contribution in [0.4, 0.5) is 0 Å². The number of hydrogen-bond donors (Lipinski definition) is 3. The van der Waals surface area contributed by atoms with Gasteiger partial charge in [0.1, 0.15) is 0 Å². The van der Waals surface area contributed by atoms with Crippen molar-refractivity contribution < 1.29 is 14.8 Å². The maximum Gasteiger partial charge on any atom is 0.276 e. The van der Waals surface area contributed by atoms with E-state index in [-0.39, 0.29) is 11.8 Å². The molecule has 2 amide bonds. The van der Waals surface area contributed by atoms with E-state index in [1.54, 1.807) is 11.5 Å². The lowest BCUT2D eigenvalue weighted by Crippen LogP contribution is -2.43. The Morgan fingerprint density at radius 3 is 2.69 bits per heavy atom. The lowest BCUT2D eigenvalue weighted by Gasteiger charge is -2.36. The summed E-state index contributed by atoms with van der Waals surface area (Å²) in [6, 6.07) is 11.8. The van der Waals surface area contributed by atoms with Gasteiger partial charge in [0.25, 0.3) is 5.91 Å². The summed E-state index contributed by atoms with van der Waals surface area (Å²) in [6.07, 6.45) is 4.08. The van der Waals surface area contributed by atoms with Gasteiger partial charge in [0.15, 0.2) is 0 Å². The Balaban J connectivity index is 1.56. The number of rotatable bonds is 4. The second-order valence-electron chi connectivity index (χ2n) is 7.76. The second kappa shape index (κ2) is 8.71. The van der Waals surface area contributed by atoms with Crippen LogP contribution in [0.5, 0.6) is 0 Å². The van der Waals surface area contributed by atoms with Gasteiger partial charge >= 0.3 is 0 Å². The molecule has 3 N–H and O–H groups in total. The fourth-order valence-electron chi connectivity index (χ4n) is 4.44. The monoisotopic (exact) mass is 394 g/mol. The molecule has 1 unspecified atom stereocenters. The number of carbonyl (C=O) groups is 2. The topological polar surface area (TPSA) is 94.6 Å². The van der Waals surface area contributed by atoms with Gasteiger partial charge in [-0.2, -0.15) is 0 Å². The molecule has 1 saturated heterocycles. The van der Waals surface area contributed by atoms with E-state index >= 15 is 0 Å². The molecule has 152 valence electrons. The lowest BCUT2D eigenvalue weighted by molar-refractivity contribution is -0.135. The first-order valence-corrected chi connectivity index (χ1v) is 10.1. The molecule has 2 aliphatic rings. The van der Waals surface area contributed by atoms with Gasteiger partial charge in [-0.15, -0.1) is 0 Å². The highest BCUT2D eigenvalue weighted by Gasteiger charge is 2.35. The fraction of sp³-hybridized carbons (Fsp3) is 0.409. The van der Waals surface area contributed by atoms with Gasteiger partial charge in [-0.1, -0.05) is 30.3 Å². The van der Waals surface area contributed by atoms with Crippen molar-refractivity contribution >= 4 is 11.8 Å². The summed E-state index contributed by atoms with van der Waals surface area (Å²) in [7, 11) is 0.